The van der Waals surface area contributed by atoms with Gasteiger partial charge in [0.05, 0.1) is 5.56 Å². The normalized spacial score (nSPS) is 11.8. The minimum atomic E-state index is -3.05. The zero-order chi connectivity index (χ0) is 13.5. The molecule has 0 aliphatic heterocycles. The second-order valence-corrected chi connectivity index (χ2v) is 4.56. The van der Waals surface area contributed by atoms with Crippen LogP contribution in [0.3, 0.4) is 0 Å². The molecule has 0 atom stereocenters. The summed E-state index contributed by atoms with van der Waals surface area (Å²) in [5.74, 6) is -2.85. The Morgan fingerprint density at radius 2 is 1.83 bits per heavy atom. The van der Waals surface area contributed by atoms with E-state index in [1.165, 1.54) is 11.7 Å². The number of benzene rings is 1. The molecule has 2 aromatic rings. The first-order valence-corrected chi connectivity index (χ1v) is 5.65. The van der Waals surface area contributed by atoms with Gasteiger partial charge < -0.3 is 5.73 Å². The molecule has 1 heterocycles. The summed E-state index contributed by atoms with van der Waals surface area (Å²) < 4.78 is 28.3. The molecule has 0 aliphatic carbocycles. The van der Waals surface area contributed by atoms with E-state index in [4.69, 9.17) is 17.3 Å². The number of hydrogen-bond acceptors (Lipinski definition) is 2. The van der Waals surface area contributed by atoms with Crippen LogP contribution in [0.2, 0.25) is 5.02 Å². The van der Waals surface area contributed by atoms with Crippen LogP contribution in [0, 0.1) is 0 Å². The molecule has 1 aromatic heterocycles. The highest BCUT2D eigenvalue weighted by Gasteiger charge is 2.33. The summed E-state index contributed by atoms with van der Waals surface area (Å²) in [5, 5.41) is 4.32. The molecule has 2 rings (SSSR count). The third-order valence-electron chi connectivity index (χ3n) is 2.64. The number of nitrogens with two attached hydrogens (primary N) is 1. The molecule has 0 radical (unpaired) electrons. The molecular formula is C12H12ClF2N3. The highest BCUT2D eigenvalue weighted by atomic mass is 35.5. The number of halogens is 3. The van der Waals surface area contributed by atoms with Crippen molar-refractivity contribution in [1.29, 1.82) is 0 Å². The van der Waals surface area contributed by atoms with Crippen LogP contribution in [0.4, 0.5) is 14.6 Å². The van der Waals surface area contributed by atoms with Gasteiger partial charge in [0.15, 0.2) is 0 Å². The maximum absolute atomic E-state index is 13.5. The lowest BCUT2D eigenvalue weighted by Gasteiger charge is -2.10. The number of aryl methyl sites for hydroxylation is 1. The second-order valence-electron chi connectivity index (χ2n) is 4.13. The van der Waals surface area contributed by atoms with Crippen LogP contribution in [0.1, 0.15) is 12.6 Å². The van der Waals surface area contributed by atoms with E-state index >= 15 is 0 Å². The van der Waals surface area contributed by atoms with Gasteiger partial charge in [0, 0.05) is 19.0 Å². The smallest absolute Gasteiger partial charge is 0.289 e. The molecule has 3 nitrogen and oxygen atoms in total. The zero-order valence-electron chi connectivity index (χ0n) is 9.92. The van der Waals surface area contributed by atoms with Gasteiger partial charge in [0.1, 0.15) is 11.5 Å². The van der Waals surface area contributed by atoms with Gasteiger partial charge in [-0.25, -0.2) is 0 Å². The van der Waals surface area contributed by atoms with Crippen LogP contribution >= 0.6 is 11.6 Å². The van der Waals surface area contributed by atoms with Crippen LogP contribution < -0.4 is 5.73 Å². The number of nitrogen functional groups attached to an aromatic ring is 1. The number of anilines is 1. The van der Waals surface area contributed by atoms with E-state index in [2.05, 4.69) is 5.10 Å². The Hall–Kier alpha value is -1.62. The van der Waals surface area contributed by atoms with Gasteiger partial charge in [0.2, 0.25) is 0 Å². The van der Waals surface area contributed by atoms with Crippen LogP contribution in [0.25, 0.3) is 11.1 Å². The molecule has 0 aliphatic rings. The van der Waals surface area contributed by atoms with Crippen molar-refractivity contribution in [2.45, 2.75) is 12.8 Å². The lowest BCUT2D eigenvalue weighted by atomic mass is 10.0. The fourth-order valence-electron chi connectivity index (χ4n) is 1.75. The molecule has 0 bridgehead atoms. The third-order valence-corrected chi connectivity index (χ3v) is 2.89. The largest absolute Gasteiger partial charge is 0.383 e. The Bertz CT molecular complexity index is 570. The van der Waals surface area contributed by atoms with Gasteiger partial charge in [-0.2, -0.15) is 13.9 Å². The van der Waals surface area contributed by atoms with Crippen molar-refractivity contribution in [3.05, 3.63) is 35.0 Å². The van der Waals surface area contributed by atoms with E-state index in [0.717, 1.165) is 6.92 Å². The maximum atomic E-state index is 13.5. The van der Waals surface area contributed by atoms with Crippen LogP contribution in [-0.2, 0) is 13.0 Å². The summed E-state index contributed by atoms with van der Waals surface area (Å²) >= 11 is 5.77. The molecular weight excluding hydrogens is 260 g/mol. The molecule has 2 N–H and O–H groups in total. The fraction of sp³-hybridized carbons (Fsp3) is 0.250. The fourth-order valence-corrected chi connectivity index (χ4v) is 1.87. The van der Waals surface area contributed by atoms with Crippen molar-refractivity contribution in [2.24, 2.45) is 7.05 Å². The lowest BCUT2D eigenvalue weighted by molar-refractivity contribution is 0.0128. The highest BCUT2D eigenvalue weighted by molar-refractivity contribution is 6.30. The molecule has 0 fully saturated rings. The average Bonchev–Trinajstić information content (AvgIpc) is 2.57. The van der Waals surface area contributed by atoms with Crippen molar-refractivity contribution >= 4 is 17.4 Å². The lowest BCUT2D eigenvalue weighted by Crippen LogP contribution is -2.10. The van der Waals surface area contributed by atoms with Gasteiger partial charge in [-0.05, 0) is 17.7 Å². The molecule has 0 spiro atoms. The Morgan fingerprint density at radius 1 is 1.28 bits per heavy atom. The van der Waals surface area contributed by atoms with Gasteiger partial charge in [-0.15, -0.1) is 0 Å². The van der Waals surface area contributed by atoms with Gasteiger partial charge in [-0.1, -0.05) is 23.7 Å². The van der Waals surface area contributed by atoms with E-state index in [1.54, 1.807) is 24.3 Å². The molecule has 0 amide bonds. The summed E-state index contributed by atoms with van der Waals surface area (Å²) in [5.41, 5.74) is 6.30. The van der Waals surface area contributed by atoms with Crippen molar-refractivity contribution in [3.63, 3.8) is 0 Å². The Kier molecular flexibility index (Phi) is 3.02. The Balaban J connectivity index is 2.66. The molecule has 6 heteroatoms. The second kappa shape index (κ2) is 4.24. The summed E-state index contributed by atoms with van der Waals surface area (Å²) in [7, 11) is 1.53. The molecule has 1 aromatic carbocycles. The van der Waals surface area contributed by atoms with E-state index in [1.807, 2.05) is 0 Å². The molecule has 18 heavy (non-hydrogen) atoms. The van der Waals surface area contributed by atoms with Crippen molar-refractivity contribution < 1.29 is 8.78 Å². The molecule has 0 saturated carbocycles. The van der Waals surface area contributed by atoms with E-state index in [9.17, 15) is 8.78 Å². The number of hydrogen-bond donors (Lipinski definition) is 1. The maximum Gasteiger partial charge on any atom is 0.289 e. The minimum Gasteiger partial charge on any atom is -0.383 e. The monoisotopic (exact) mass is 271 g/mol. The number of rotatable bonds is 2. The van der Waals surface area contributed by atoms with Crippen LogP contribution in [0.5, 0.6) is 0 Å². The first kappa shape index (κ1) is 12.8. The third kappa shape index (κ3) is 2.18. The summed E-state index contributed by atoms with van der Waals surface area (Å²) in [6.45, 7) is 0.800. The number of aromatic nitrogens is 2. The molecule has 0 saturated heterocycles. The van der Waals surface area contributed by atoms with Crippen molar-refractivity contribution in [1.82, 2.24) is 9.78 Å². The summed E-state index contributed by atoms with van der Waals surface area (Å²) in [6.07, 6.45) is 0. The van der Waals surface area contributed by atoms with Gasteiger partial charge in [0.25, 0.3) is 5.92 Å². The van der Waals surface area contributed by atoms with E-state index < -0.39 is 5.92 Å². The quantitative estimate of drug-likeness (QED) is 0.909. The Labute approximate surface area is 108 Å². The minimum absolute atomic E-state index is 0.203. The predicted octanol–water partition coefficient (Wildman–Crippen LogP) is 3.43. The SMILES string of the molecule is Cn1nc(C(C)(F)F)c(-c2ccc(Cl)cc2)c1N. The first-order chi connectivity index (χ1) is 8.30. The van der Waals surface area contributed by atoms with Crippen molar-refractivity contribution in [2.75, 3.05) is 5.73 Å². The van der Waals surface area contributed by atoms with Gasteiger partial charge in [-0.3, -0.25) is 4.68 Å². The highest BCUT2D eigenvalue weighted by Crippen LogP contribution is 2.38. The molecule has 96 valence electrons. The summed E-state index contributed by atoms with van der Waals surface area (Å²) in [6, 6.07) is 6.54. The topological polar surface area (TPSA) is 43.8 Å². The number of alkyl halides is 2. The standard InChI is InChI=1S/C12H12ClF2N3/c1-12(14,15)10-9(11(16)18(2)17-10)7-3-5-8(13)6-4-7/h3-6H,16H2,1-2H3. The average molecular weight is 272 g/mol. The van der Waals surface area contributed by atoms with Crippen LogP contribution in [-0.4, -0.2) is 9.78 Å². The molecule has 0 unspecified atom stereocenters. The summed E-state index contributed by atoms with van der Waals surface area (Å²) in [4.78, 5) is 0. The first-order valence-electron chi connectivity index (χ1n) is 5.27. The number of nitrogens with zero attached hydrogens (tertiary/aromatic N) is 2. The Morgan fingerprint density at radius 3 is 2.33 bits per heavy atom. The van der Waals surface area contributed by atoms with Gasteiger partial charge >= 0.3 is 0 Å². The predicted molar refractivity (Wildman–Crippen MR) is 67.6 cm³/mol. The van der Waals surface area contributed by atoms with E-state index in [0.29, 0.717) is 10.6 Å². The van der Waals surface area contributed by atoms with Crippen LogP contribution in [0.15, 0.2) is 24.3 Å². The van der Waals surface area contributed by atoms with Crippen molar-refractivity contribution in [3.8, 4) is 11.1 Å². The zero-order valence-corrected chi connectivity index (χ0v) is 10.7. The van der Waals surface area contributed by atoms with E-state index in [-0.39, 0.29) is 17.1 Å².